The Morgan fingerprint density at radius 3 is 1.76 bits per heavy atom. The van der Waals surface area contributed by atoms with E-state index < -0.39 is 20.7 Å². The molecule has 4 aromatic carbocycles. The molecule has 9 heteroatoms. The van der Waals surface area contributed by atoms with Crippen molar-refractivity contribution >= 4 is 38.2 Å². The van der Waals surface area contributed by atoms with Crippen LogP contribution in [-0.4, -0.2) is 15.0 Å². The molecule has 0 fully saturated rings. The first-order valence-electron chi connectivity index (χ1n) is 9.67. The highest BCUT2D eigenvalue weighted by Gasteiger charge is 2.40. The highest BCUT2D eigenvalue weighted by molar-refractivity contribution is 9.10. The van der Waals surface area contributed by atoms with Crippen LogP contribution < -0.4 is 0 Å². The van der Waals surface area contributed by atoms with E-state index in [1.54, 1.807) is 0 Å². The molecule has 7 nitrogen and oxygen atoms in total. The van der Waals surface area contributed by atoms with Crippen molar-refractivity contribution in [3.05, 3.63) is 116 Å². The number of aromatic hydroxyl groups is 1. The molecule has 0 spiro atoms. The molecule has 164 valence electrons. The Morgan fingerprint density at radius 1 is 0.727 bits per heavy atom. The van der Waals surface area contributed by atoms with E-state index >= 15 is 0 Å². The maximum atomic E-state index is 12.0. The van der Waals surface area contributed by atoms with Crippen molar-refractivity contribution in [2.45, 2.75) is 14.7 Å². The fourth-order valence-electron chi connectivity index (χ4n) is 3.44. The van der Waals surface area contributed by atoms with Gasteiger partial charge in [0.2, 0.25) is 0 Å². The molecule has 0 radical (unpaired) electrons. The Hall–Kier alpha value is -3.69. The Kier molecular flexibility index (Phi) is 6.43. The second-order valence-electron chi connectivity index (χ2n) is 6.92. The molecule has 0 heterocycles. The van der Waals surface area contributed by atoms with Gasteiger partial charge in [0.05, 0.1) is 9.85 Å². The highest BCUT2D eigenvalue weighted by Crippen LogP contribution is 2.47. The average Bonchev–Trinajstić information content (AvgIpc) is 2.81. The fraction of sp³-hybridized carbons (Fsp3) is 0. The standard InChI is InChI=1S/C24H15BrN2O5S/c25-21-15-16(26(29)30)11-12-19(21)20-13-14-22(27(31)32)24(23(20)28)33(17-7-3-1-4-8-17)18-9-5-2-6-10-18/h1-15H/p+1. The van der Waals surface area contributed by atoms with Crippen molar-refractivity contribution in [3.63, 3.8) is 0 Å². The number of nitro groups is 2. The van der Waals surface area contributed by atoms with Gasteiger partial charge in [-0.25, -0.2) is 0 Å². The summed E-state index contributed by atoms with van der Waals surface area (Å²) in [5.41, 5.74) is 0.506. The second-order valence-corrected chi connectivity index (χ2v) is 9.74. The molecular weight excluding hydrogens is 508 g/mol. The van der Waals surface area contributed by atoms with Crippen LogP contribution in [0, 0.1) is 20.2 Å². The van der Waals surface area contributed by atoms with Crippen LogP contribution in [0.2, 0.25) is 0 Å². The van der Waals surface area contributed by atoms with Crippen molar-refractivity contribution in [2.24, 2.45) is 0 Å². The van der Waals surface area contributed by atoms with E-state index in [1.165, 1.54) is 30.3 Å². The van der Waals surface area contributed by atoms with E-state index in [1.807, 2.05) is 60.7 Å². The number of halogens is 1. The van der Waals surface area contributed by atoms with E-state index in [4.69, 9.17) is 0 Å². The molecule has 0 saturated carbocycles. The summed E-state index contributed by atoms with van der Waals surface area (Å²) < 4.78 is 0.395. The lowest BCUT2D eigenvalue weighted by atomic mass is 10.0. The monoisotopic (exact) mass is 523 g/mol. The van der Waals surface area contributed by atoms with Crippen LogP contribution in [0.3, 0.4) is 0 Å². The van der Waals surface area contributed by atoms with Crippen molar-refractivity contribution in [3.8, 4) is 16.9 Å². The Bertz CT molecular complexity index is 1310. The van der Waals surface area contributed by atoms with Gasteiger partial charge >= 0.3 is 5.69 Å². The zero-order valence-electron chi connectivity index (χ0n) is 16.9. The molecule has 0 unspecified atom stereocenters. The first kappa shape index (κ1) is 22.5. The van der Waals surface area contributed by atoms with Crippen molar-refractivity contribution in [1.29, 1.82) is 0 Å². The maximum Gasteiger partial charge on any atom is 0.328 e. The highest BCUT2D eigenvalue weighted by atomic mass is 79.9. The van der Waals surface area contributed by atoms with E-state index in [0.29, 0.717) is 15.6 Å². The largest absolute Gasteiger partial charge is 0.503 e. The number of benzene rings is 4. The van der Waals surface area contributed by atoms with Gasteiger partial charge in [-0.2, -0.15) is 0 Å². The summed E-state index contributed by atoms with van der Waals surface area (Å²) in [4.78, 5) is 23.9. The molecule has 1 N–H and O–H groups in total. The van der Waals surface area contributed by atoms with E-state index in [-0.39, 0.29) is 22.0 Å². The van der Waals surface area contributed by atoms with Gasteiger partial charge in [-0.05, 0) is 52.3 Å². The van der Waals surface area contributed by atoms with Gasteiger partial charge < -0.3 is 5.11 Å². The molecule has 4 aromatic rings. The van der Waals surface area contributed by atoms with Gasteiger partial charge in [-0.1, -0.05) is 36.4 Å². The van der Waals surface area contributed by atoms with Crippen LogP contribution >= 0.6 is 15.9 Å². The number of nitro benzene ring substituents is 2. The Morgan fingerprint density at radius 2 is 1.27 bits per heavy atom. The number of rotatable bonds is 6. The Labute approximate surface area is 200 Å². The minimum atomic E-state index is -0.976. The van der Waals surface area contributed by atoms with Gasteiger partial charge in [-0.3, -0.25) is 20.2 Å². The molecular formula is C24H16BrN2O5S+. The summed E-state index contributed by atoms with van der Waals surface area (Å²) in [6.45, 7) is 0. The normalized spacial score (nSPS) is 10.8. The zero-order valence-corrected chi connectivity index (χ0v) is 19.3. The number of hydrogen-bond acceptors (Lipinski definition) is 5. The molecule has 0 bridgehead atoms. The molecule has 0 aromatic heterocycles. The van der Waals surface area contributed by atoms with Crippen molar-refractivity contribution < 1.29 is 15.0 Å². The van der Waals surface area contributed by atoms with Crippen LogP contribution in [0.25, 0.3) is 11.1 Å². The number of phenolic OH excluding ortho intramolecular Hbond substituents is 1. The van der Waals surface area contributed by atoms with Gasteiger partial charge in [0, 0.05) is 33.8 Å². The minimum absolute atomic E-state index is 0.111. The third kappa shape index (κ3) is 4.46. The molecule has 0 saturated heterocycles. The van der Waals surface area contributed by atoms with Crippen LogP contribution in [0.15, 0.2) is 110 Å². The molecule has 0 aliphatic heterocycles. The van der Waals surface area contributed by atoms with E-state index in [0.717, 1.165) is 9.79 Å². The number of non-ortho nitro benzene ring substituents is 1. The van der Waals surface area contributed by atoms with Crippen molar-refractivity contribution in [1.82, 2.24) is 0 Å². The summed E-state index contributed by atoms with van der Waals surface area (Å²) in [5, 5.41) is 34.5. The van der Waals surface area contributed by atoms with Crippen LogP contribution in [0.4, 0.5) is 11.4 Å². The summed E-state index contributed by atoms with van der Waals surface area (Å²) in [7, 11) is -0.976. The SMILES string of the molecule is O=[N+]([O-])c1ccc(-c2ccc([N+](=O)[O-])c([S+](c3ccccc3)c3ccccc3)c2O)c(Br)c1. The Balaban J connectivity index is 2.00. The summed E-state index contributed by atoms with van der Waals surface area (Å²) in [5.74, 6) is -0.241. The quantitative estimate of drug-likeness (QED) is 0.171. The number of nitrogens with zero attached hydrogens (tertiary/aromatic N) is 2. The molecule has 0 atom stereocenters. The van der Waals surface area contributed by atoms with Gasteiger partial charge in [0.15, 0.2) is 15.5 Å². The van der Waals surface area contributed by atoms with Crippen molar-refractivity contribution in [2.75, 3.05) is 0 Å². The first-order chi connectivity index (χ1) is 15.9. The van der Waals surface area contributed by atoms with Gasteiger partial charge in [0.25, 0.3) is 10.6 Å². The second kappa shape index (κ2) is 9.43. The van der Waals surface area contributed by atoms with Gasteiger partial charge in [-0.15, -0.1) is 0 Å². The zero-order chi connectivity index (χ0) is 23.5. The molecule has 0 aliphatic carbocycles. The lowest BCUT2D eigenvalue weighted by Crippen LogP contribution is -2.08. The van der Waals surface area contributed by atoms with Gasteiger partial charge in [0.1, 0.15) is 10.9 Å². The molecule has 0 amide bonds. The summed E-state index contributed by atoms with van der Waals surface area (Å²) in [6, 6.07) is 25.6. The van der Waals surface area contributed by atoms with Crippen LogP contribution in [0.1, 0.15) is 0 Å². The first-order valence-corrected chi connectivity index (χ1v) is 11.7. The lowest BCUT2D eigenvalue weighted by molar-refractivity contribution is -0.387. The average molecular weight is 524 g/mol. The van der Waals surface area contributed by atoms with E-state index in [9.17, 15) is 25.3 Å². The van der Waals surface area contributed by atoms with Crippen LogP contribution in [-0.2, 0) is 10.9 Å². The summed E-state index contributed by atoms with van der Waals surface area (Å²) in [6.07, 6.45) is 0. The minimum Gasteiger partial charge on any atom is -0.503 e. The third-order valence-corrected chi connectivity index (χ3v) is 7.88. The predicted molar refractivity (Wildman–Crippen MR) is 130 cm³/mol. The van der Waals surface area contributed by atoms with Crippen LogP contribution in [0.5, 0.6) is 5.75 Å². The number of phenols is 1. The molecule has 33 heavy (non-hydrogen) atoms. The fourth-order valence-corrected chi connectivity index (χ4v) is 6.28. The third-order valence-electron chi connectivity index (χ3n) is 4.92. The number of hydrogen-bond donors (Lipinski definition) is 1. The maximum absolute atomic E-state index is 12.0. The predicted octanol–water partition coefficient (Wildman–Crippen LogP) is 6.73. The molecule has 0 aliphatic rings. The summed E-state index contributed by atoms with van der Waals surface area (Å²) >= 11 is 3.34. The van der Waals surface area contributed by atoms with E-state index in [2.05, 4.69) is 15.9 Å². The lowest BCUT2D eigenvalue weighted by Gasteiger charge is -2.13. The molecule has 4 rings (SSSR count). The topological polar surface area (TPSA) is 107 Å². The smallest absolute Gasteiger partial charge is 0.328 e.